The molecule has 1 fully saturated rings. The van der Waals surface area contributed by atoms with Crippen molar-refractivity contribution in [2.75, 3.05) is 18.1 Å². The number of nitrogens with zero attached hydrogens (tertiary/aromatic N) is 1. The van der Waals surface area contributed by atoms with Gasteiger partial charge in [-0.1, -0.05) is 6.92 Å². The minimum atomic E-state index is -3.12. The molecule has 0 unspecified atom stereocenters. The maximum atomic E-state index is 12.5. The first-order chi connectivity index (χ1) is 8.50. The van der Waals surface area contributed by atoms with Crippen LogP contribution in [0.15, 0.2) is 0 Å². The summed E-state index contributed by atoms with van der Waals surface area (Å²) in [7, 11) is -3.12. The molecule has 0 aromatic carbocycles. The third kappa shape index (κ3) is 3.37. The Balaban J connectivity index is 2.82. The highest BCUT2D eigenvalue weighted by Crippen LogP contribution is 2.64. The molecule has 7 heteroatoms. The second kappa shape index (κ2) is 5.41. The maximum Gasteiger partial charge on any atom is 0.231 e. The van der Waals surface area contributed by atoms with E-state index in [2.05, 4.69) is 0 Å². The smallest absolute Gasteiger partial charge is 0.231 e. The van der Waals surface area contributed by atoms with E-state index in [-0.39, 0.29) is 23.5 Å². The maximum absolute atomic E-state index is 12.5. The van der Waals surface area contributed by atoms with Crippen molar-refractivity contribution in [3.63, 3.8) is 0 Å². The number of hydrogen-bond donors (Lipinski definition) is 0. The van der Waals surface area contributed by atoms with Gasteiger partial charge in [-0.2, -0.15) is 0 Å². The van der Waals surface area contributed by atoms with Crippen molar-refractivity contribution in [2.45, 2.75) is 44.5 Å². The predicted molar refractivity (Wildman–Crippen MR) is 78.3 cm³/mol. The molecule has 0 aromatic heterocycles. The molecule has 19 heavy (non-hydrogen) atoms. The number of hydrogen-bond acceptors (Lipinski definition) is 3. The van der Waals surface area contributed by atoms with Gasteiger partial charge >= 0.3 is 0 Å². The lowest BCUT2D eigenvalue weighted by Crippen LogP contribution is -2.46. The Morgan fingerprint density at radius 3 is 2.16 bits per heavy atom. The summed E-state index contributed by atoms with van der Waals surface area (Å²) in [5.74, 6) is -0.120. The fourth-order valence-corrected chi connectivity index (χ4v) is 4.03. The van der Waals surface area contributed by atoms with Crippen molar-refractivity contribution < 1.29 is 13.2 Å². The Bertz CT molecular complexity index is 464. The molecule has 0 heterocycles. The van der Waals surface area contributed by atoms with Crippen LogP contribution in [0.25, 0.3) is 0 Å². The molecule has 0 bridgehead atoms. The van der Waals surface area contributed by atoms with Gasteiger partial charge < -0.3 is 4.90 Å². The number of carbonyl (C=O) groups is 1. The van der Waals surface area contributed by atoms with Crippen LogP contribution in [-0.4, -0.2) is 47.7 Å². The van der Waals surface area contributed by atoms with Gasteiger partial charge in [0.15, 0.2) is 9.84 Å². The SMILES string of the molecule is CCN(C(=O)[C@@]1(C)CC1(Cl)Cl)[C@@H](C)CS(=O)(=O)CC. The average Bonchev–Trinajstić information content (AvgIpc) is 2.79. The summed E-state index contributed by atoms with van der Waals surface area (Å²) in [4.78, 5) is 14.0. The highest BCUT2D eigenvalue weighted by Gasteiger charge is 2.68. The second-order valence-corrected chi connectivity index (χ2v) is 9.23. The van der Waals surface area contributed by atoms with E-state index in [4.69, 9.17) is 23.2 Å². The molecule has 1 aliphatic rings. The number of alkyl halides is 2. The number of rotatable bonds is 6. The molecular weight excluding hydrogens is 309 g/mol. The van der Waals surface area contributed by atoms with Crippen LogP contribution in [0.4, 0.5) is 0 Å². The largest absolute Gasteiger partial charge is 0.339 e. The van der Waals surface area contributed by atoms with Gasteiger partial charge in [-0.3, -0.25) is 4.79 Å². The Morgan fingerprint density at radius 2 is 1.84 bits per heavy atom. The van der Waals surface area contributed by atoms with Crippen LogP contribution in [0.5, 0.6) is 0 Å². The average molecular weight is 330 g/mol. The summed E-state index contributed by atoms with van der Waals surface area (Å²) in [6.45, 7) is 7.33. The molecular formula is C12H21Cl2NO3S. The van der Waals surface area contributed by atoms with Crippen molar-refractivity contribution in [3.05, 3.63) is 0 Å². The van der Waals surface area contributed by atoms with Crippen LogP contribution in [0, 0.1) is 5.41 Å². The van der Waals surface area contributed by atoms with Gasteiger partial charge in [-0.25, -0.2) is 8.42 Å². The van der Waals surface area contributed by atoms with E-state index in [9.17, 15) is 13.2 Å². The molecule has 0 N–H and O–H groups in total. The van der Waals surface area contributed by atoms with Crippen LogP contribution in [-0.2, 0) is 14.6 Å². The summed E-state index contributed by atoms with van der Waals surface area (Å²) < 4.78 is 22.3. The first-order valence-corrected chi connectivity index (χ1v) is 8.98. The molecule has 1 rings (SSSR count). The fourth-order valence-electron chi connectivity index (χ4n) is 2.18. The molecule has 0 saturated heterocycles. The van der Waals surface area contributed by atoms with Crippen molar-refractivity contribution >= 4 is 38.9 Å². The van der Waals surface area contributed by atoms with E-state index in [1.165, 1.54) is 0 Å². The van der Waals surface area contributed by atoms with Crippen molar-refractivity contribution in [3.8, 4) is 0 Å². The molecule has 1 aliphatic carbocycles. The van der Waals surface area contributed by atoms with Gasteiger partial charge in [0.05, 0.1) is 11.2 Å². The topological polar surface area (TPSA) is 54.5 Å². The van der Waals surface area contributed by atoms with Gasteiger partial charge in [0.1, 0.15) is 4.33 Å². The summed E-state index contributed by atoms with van der Waals surface area (Å²) in [6.07, 6.45) is 0.408. The molecule has 112 valence electrons. The highest BCUT2D eigenvalue weighted by atomic mass is 35.5. The van der Waals surface area contributed by atoms with E-state index < -0.39 is 19.6 Å². The van der Waals surface area contributed by atoms with Crippen molar-refractivity contribution in [1.82, 2.24) is 4.90 Å². The van der Waals surface area contributed by atoms with E-state index in [0.29, 0.717) is 13.0 Å². The molecule has 4 nitrogen and oxygen atoms in total. The first kappa shape index (κ1) is 17.1. The monoisotopic (exact) mass is 329 g/mol. The predicted octanol–water partition coefficient (Wildman–Crippen LogP) is 2.24. The van der Waals surface area contributed by atoms with Gasteiger partial charge in [0.2, 0.25) is 5.91 Å². The molecule has 1 saturated carbocycles. The molecule has 0 aromatic rings. The van der Waals surface area contributed by atoms with Gasteiger partial charge in [-0.05, 0) is 27.2 Å². The van der Waals surface area contributed by atoms with Crippen LogP contribution < -0.4 is 0 Å². The Kier molecular flexibility index (Phi) is 4.86. The molecule has 0 radical (unpaired) electrons. The zero-order chi connectivity index (χ0) is 15.1. The van der Waals surface area contributed by atoms with E-state index in [1.54, 1.807) is 25.7 Å². The Hall–Kier alpha value is -0.000000000000000111. The number of sulfone groups is 1. The summed E-state index contributed by atoms with van der Waals surface area (Å²) in [5.41, 5.74) is -0.795. The quantitative estimate of drug-likeness (QED) is 0.702. The second-order valence-electron chi connectivity index (χ2n) is 5.35. The van der Waals surface area contributed by atoms with E-state index >= 15 is 0 Å². The highest BCUT2D eigenvalue weighted by molar-refractivity contribution is 7.91. The number of halogens is 2. The third-order valence-corrected chi connectivity index (χ3v) is 6.77. The summed E-state index contributed by atoms with van der Waals surface area (Å²) >= 11 is 12.0. The molecule has 2 atom stereocenters. The summed E-state index contributed by atoms with van der Waals surface area (Å²) in [5, 5.41) is 0. The molecule has 0 spiro atoms. The summed E-state index contributed by atoms with van der Waals surface area (Å²) in [6, 6.07) is -0.371. The van der Waals surface area contributed by atoms with Crippen molar-refractivity contribution in [2.24, 2.45) is 5.41 Å². The zero-order valence-electron chi connectivity index (χ0n) is 11.7. The van der Waals surface area contributed by atoms with Crippen molar-refractivity contribution in [1.29, 1.82) is 0 Å². The standard InChI is InChI=1S/C12H21Cl2NO3S/c1-5-15(9(3)7-19(17,18)6-2)10(16)11(4)8-12(11,13)14/h9H,5-8H2,1-4H3/t9-,11+/m0/s1. The van der Waals surface area contributed by atoms with Gasteiger partial charge in [0.25, 0.3) is 0 Å². The van der Waals surface area contributed by atoms with Crippen LogP contribution in [0.2, 0.25) is 0 Å². The fraction of sp³-hybridized carbons (Fsp3) is 0.917. The minimum Gasteiger partial charge on any atom is -0.339 e. The van der Waals surface area contributed by atoms with Crippen LogP contribution in [0.1, 0.15) is 34.1 Å². The van der Waals surface area contributed by atoms with Gasteiger partial charge in [-0.15, -0.1) is 23.2 Å². The minimum absolute atomic E-state index is 0.0310. The van der Waals surface area contributed by atoms with Gasteiger partial charge in [0, 0.05) is 18.3 Å². The first-order valence-electron chi connectivity index (χ1n) is 6.40. The lowest BCUT2D eigenvalue weighted by Gasteiger charge is -2.31. The lowest BCUT2D eigenvalue weighted by molar-refractivity contribution is -0.137. The van der Waals surface area contributed by atoms with E-state index in [0.717, 1.165) is 0 Å². The van der Waals surface area contributed by atoms with Crippen LogP contribution >= 0.6 is 23.2 Å². The third-order valence-electron chi connectivity index (χ3n) is 3.80. The number of carbonyl (C=O) groups excluding carboxylic acids is 1. The molecule has 1 amide bonds. The Labute approximate surface area is 125 Å². The molecule has 0 aliphatic heterocycles. The number of amides is 1. The van der Waals surface area contributed by atoms with Crippen LogP contribution in [0.3, 0.4) is 0 Å². The Morgan fingerprint density at radius 1 is 1.37 bits per heavy atom. The lowest BCUT2D eigenvalue weighted by atomic mass is 10.1. The normalized spacial score (nSPS) is 26.8. The van der Waals surface area contributed by atoms with E-state index in [1.807, 2.05) is 6.92 Å². The zero-order valence-corrected chi connectivity index (χ0v) is 14.1.